The summed E-state index contributed by atoms with van der Waals surface area (Å²) in [5.74, 6) is 0. The molecule has 220 valence electrons. The highest BCUT2D eigenvalue weighted by Gasteiger charge is 2.22. The minimum Gasteiger partial charge on any atom is -0.456 e. The monoisotopic (exact) mass is 598 g/mol. The number of benzene rings is 8. The van der Waals surface area contributed by atoms with Crippen LogP contribution in [0.15, 0.2) is 156 Å². The quantitative estimate of drug-likeness (QED) is 0.184. The van der Waals surface area contributed by atoms with Crippen LogP contribution in [0.3, 0.4) is 0 Å². The van der Waals surface area contributed by atoms with Crippen LogP contribution in [-0.2, 0) is 6.42 Å². The van der Waals surface area contributed by atoms with Gasteiger partial charge in [0.05, 0.1) is 0 Å². The lowest BCUT2D eigenvalue weighted by Crippen LogP contribution is -1.93. The molecule has 1 heterocycles. The molecular formula is C46H30O. The van der Waals surface area contributed by atoms with Crippen molar-refractivity contribution in [2.45, 2.75) is 12.8 Å². The summed E-state index contributed by atoms with van der Waals surface area (Å²) in [6, 6.07) is 53.2. The SMILES string of the molecule is C1=Cc2ccc3c(oc4cc(-c5c6ccccc6c(-c6cccc(-c7ccccc7)c6)c6ccccc56)c5ccccc5c43)c2CC1. The van der Waals surface area contributed by atoms with Gasteiger partial charge >= 0.3 is 0 Å². The molecule has 1 aliphatic carbocycles. The molecule has 1 heteroatoms. The van der Waals surface area contributed by atoms with Crippen molar-refractivity contribution in [2.24, 2.45) is 0 Å². The lowest BCUT2D eigenvalue weighted by Gasteiger charge is -2.19. The molecular weight excluding hydrogens is 569 g/mol. The average molecular weight is 599 g/mol. The molecule has 0 saturated heterocycles. The normalized spacial score (nSPS) is 12.9. The Labute approximate surface area is 273 Å². The molecule has 0 radical (unpaired) electrons. The number of hydrogen-bond acceptors (Lipinski definition) is 1. The topological polar surface area (TPSA) is 13.1 Å². The van der Waals surface area contributed by atoms with Gasteiger partial charge in [0.15, 0.2) is 0 Å². The van der Waals surface area contributed by atoms with E-state index in [4.69, 9.17) is 4.42 Å². The zero-order chi connectivity index (χ0) is 30.9. The first-order chi connectivity index (χ1) is 23.3. The summed E-state index contributed by atoms with van der Waals surface area (Å²) in [4.78, 5) is 0. The van der Waals surface area contributed by atoms with Crippen LogP contribution >= 0.6 is 0 Å². The van der Waals surface area contributed by atoms with Crippen molar-refractivity contribution in [1.82, 2.24) is 0 Å². The second-order valence-electron chi connectivity index (χ2n) is 12.7. The van der Waals surface area contributed by atoms with Crippen LogP contribution in [0.4, 0.5) is 0 Å². The molecule has 0 saturated carbocycles. The van der Waals surface area contributed by atoms with Crippen LogP contribution in [0.1, 0.15) is 17.5 Å². The van der Waals surface area contributed by atoms with E-state index in [2.05, 4.69) is 158 Å². The lowest BCUT2D eigenvalue weighted by molar-refractivity contribution is 0.662. The predicted octanol–water partition coefficient (Wildman–Crippen LogP) is 13.0. The highest BCUT2D eigenvalue weighted by Crippen LogP contribution is 2.48. The third kappa shape index (κ3) is 3.96. The molecule has 0 atom stereocenters. The minimum atomic E-state index is 0.949. The standard InChI is InChI=1S/C46H30O/c1-2-13-29(14-3-1)31-16-12-17-32(27-31)43-36-21-8-10-23-38(36)44(39-24-11-9-22-37(39)43)41-28-42-45(35-20-7-6-19-34(35)41)40-26-25-30-15-4-5-18-33(30)46(40)47-42/h1-4,6-17,19-28H,5,18H2. The van der Waals surface area contributed by atoms with Gasteiger partial charge < -0.3 is 4.42 Å². The Morgan fingerprint density at radius 2 is 1.06 bits per heavy atom. The summed E-state index contributed by atoms with van der Waals surface area (Å²) < 4.78 is 6.86. The average Bonchev–Trinajstić information content (AvgIpc) is 3.53. The van der Waals surface area contributed by atoms with Gasteiger partial charge in [-0.25, -0.2) is 0 Å². The number of aryl methyl sites for hydroxylation is 1. The van der Waals surface area contributed by atoms with Crippen LogP contribution in [0.5, 0.6) is 0 Å². The van der Waals surface area contributed by atoms with Crippen LogP contribution < -0.4 is 0 Å². The zero-order valence-corrected chi connectivity index (χ0v) is 25.8. The predicted molar refractivity (Wildman–Crippen MR) is 200 cm³/mol. The highest BCUT2D eigenvalue weighted by atomic mass is 16.3. The maximum Gasteiger partial charge on any atom is 0.139 e. The summed E-state index contributed by atoms with van der Waals surface area (Å²) in [6.07, 6.45) is 6.57. The Balaban J connectivity index is 1.31. The highest BCUT2D eigenvalue weighted by molar-refractivity contribution is 6.28. The smallest absolute Gasteiger partial charge is 0.139 e. The first-order valence-corrected chi connectivity index (χ1v) is 16.5. The van der Waals surface area contributed by atoms with Crippen LogP contribution in [0.25, 0.3) is 93.7 Å². The molecule has 0 amide bonds. The Morgan fingerprint density at radius 3 is 1.81 bits per heavy atom. The Hall–Kier alpha value is -5.92. The first-order valence-electron chi connectivity index (χ1n) is 16.5. The summed E-state index contributed by atoms with van der Waals surface area (Å²) in [7, 11) is 0. The number of furan rings is 1. The van der Waals surface area contributed by atoms with E-state index in [1.165, 1.54) is 87.6 Å². The fourth-order valence-electron chi connectivity index (χ4n) is 8.05. The molecule has 47 heavy (non-hydrogen) atoms. The van der Waals surface area contributed by atoms with E-state index >= 15 is 0 Å². The Bertz CT molecular complexity index is 2670. The van der Waals surface area contributed by atoms with Crippen molar-refractivity contribution < 1.29 is 4.42 Å². The van der Waals surface area contributed by atoms with Gasteiger partial charge in [-0.3, -0.25) is 0 Å². The Morgan fingerprint density at radius 1 is 0.447 bits per heavy atom. The van der Waals surface area contributed by atoms with Crippen molar-refractivity contribution in [3.63, 3.8) is 0 Å². The maximum absolute atomic E-state index is 6.86. The van der Waals surface area contributed by atoms with Crippen molar-refractivity contribution in [2.75, 3.05) is 0 Å². The minimum absolute atomic E-state index is 0.949. The molecule has 9 aromatic rings. The van der Waals surface area contributed by atoms with Gasteiger partial charge in [0.1, 0.15) is 11.2 Å². The molecule has 1 aliphatic rings. The van der Waals surface area contributed by atoms with Gasteiger partial charge in [-0.05, 0) is 102 Å². The van der Waals surface area contributed by atoms with E-state index < -0.39 is 0 Å². The van der Waals surface area contributed by atoms with E-state index in [9.17, 15) is 0 Å². The molecule has 0 spiro atoms. The molecule has 10 rings (SSSR count). The molecule has 0 N–H and O–H groups in total. The molecule has 0 fully saturated rings. The third-order valence-corrected chi connectivity index (χ3v) is 10.1. The lowest BCUT2D eigenvalue weighted by atomic mass is 9.84. The number of allylic oxidation sites excluding steroid dienone is 1. The molecule has 1 aromatic heterocycles. The zero-order valence-electron chi connectivity index (χ0n) is 25.8. The van der Waals surface area contributed by atoms with Crippen molar-refractivity contribution in [1.29, 1.82) is 0 Å². The van der Waals surface area contributed by atoms with Gasteiger partial charge in [0.2, 0.25) is 0 Å². The van der Waals surface area contributed by atoms with Crippen LogP contribution in [-0.4, -0.2) is 0 Å². The molecule has 8 aromatic carbocycles. The van der Waals surface area contributed by atoms with E-state index in [1.807, 2.05) is 0 Å². The fourth-order valence-corrected chi connectivity index (χ4v) is 8.05. The number of rotatable bonds is 3. The van der Waals surface area contributed by atoms with Crippen molar-refractivity contribution in [3.8, 4) is 33.4 Å². The van der Waals surface area contributed by atoms with E-state index in [0.29, 0.717) is 0 Å². The van der Waals surface area contributed by atoms with E-state index in [-0.39, 0.29) is 0 Å². The molecule has 0 aliphatic heterocycles. The molecule has 0 bridgehead atoms. The van der Waals surface area contributed by atoms with Gasteiger partial charge in [-0.2, -0.15) is 0 Å². The second-order valence-corrected chi connectivity index (χ2v) is 12.7. The van der Waals surface area contributed by atoms with Gasteiger partial charge in [-0.15, -0.1) is 0 Å². The molecule has 0 unspecified atom stereocenters. The van der Waals surface area contributed by atoms with Crippen molar-refractivity contribution in [3.05, 3.63) is 163 Å². The summed E-state index contributed by atoms with van der Waals surface area (Å²) in [5.41, 5.74) is 12.0. The maximum atomic E-state index is 6.86. The van der Waals surface area contributed by atoms with Crippen molar-refractivity contribution >= 4 is 60.3 Å². The summed E-state index contributed by atoms with van der Waals surface area (Å²) >= 11 is 0. The fraction of sp³-hybridized carbons (Fsp3) is 0.0435. The molecule has 1 nitrogen and oxygen atoms in total. The van der Waals surface area contributed by atoms with E-state index in [1.54, 1.807) is 0 Å². The summed E-state index contributed by atoms with van der Waals surface area (Å²) in [6.45, 7) is 0. The number of hydrogen-bond donors (Lipinski definition) is 0. The third-order valence-electron chi connectivity index (χ3n) is 10.1. The first kappa shape index (κ1) is 26.3. The number of fused-ring (bicyclic) bond motifs is 9. The van der Waals surface area contributed by atoms with Gasteiger partial charge in [0, 0.05) is 16.3 Å². The van der Waals surface area contributed by atoms with Crippen LogP contribution in [0.2, 0.25) is 0 Å². The second kappa shape index (κ2) is 10.3. The van der Waals surface area contributed by atoms with E-state index in [0.717, 1.165) is 24.0 Å². The Kier molecular flexibility index (Phi) is 5.77. The van der Waals surface area contributed by atoms with Gasteiger partial charge in [0.25, 0.3) is 0 Å². The summed E-state index contributed by atoms with van der Waals surface area (Å²) in [5, 5.41) is 9.89. The van der Waals surface area contributed by atoms with Gasteiger partial charge in [-0.1, -0.05) is 140 Å². The largest absolute Gasteiger partial charge is 0.456 e. The van der Waals surface area contributed by atoms with Crippen LogP contribution in [0, 0.1) is 0 Å².